The van der Waals surface area contributed by atoms with Crippen molar-refractivity contribution in [2.75, 3.05) is 19.4 Å². The highest BCUT2D eigenvalue weighted by atomic mass is 19.4. The number of amides is 1. The highest BCUT2D eigenvalue weighted by Crippen LogP contribution is 2.38. The number of nitrogens with zero attached hydrogens (tertiary/aromatic N) is 1. The Labute approximate surface area is 197 Å². The molecule has 1 fully saturated rings. The predicted molar refractivity (Wildman–Crippen MR) is 126 cm³/mol. The van der Waals surface area contributed by atoms with E-state index in [1.165, 1.54) is 19.1 Å². The van der Waals surface area contributed by atoms with Crippen LogP contribution in [0.3, 0.4) is 0 Å². The number of fused-ring (bicyclic) bond motifs is 1. The van der Waals surface area contributed by atoms with E-state index >= 15 is 0 Å². The zero-order valence-electron chi connectivity index (χ0n) is 19.4. The third-order valence-corrected chi connectivity index (χ3v) is 6.70. The van der Waals surface area contributed by atoms with Crippen molar-refractivity contribution in [1.29, 1.82) is 0 Å². The molecule has 2 aromatic carbocycles. The topological polar surface area (TPSA) is 61.4 Å². The van der Waals surface area contributed by atoms with Gasteiger partial charge in [0, 0.05) is 28.9 Å². The summed E-state index contributed by atoms with van der Waals surface area (Å²) in [5.74, 6) is -0.479. The van der Waals surface area contributed by atoms with Crippen LogP contribution in [0.4, 0.5) is 18.9 Å². The van der Waals surface area contributed by atoms with Gasteiger partial charge in [0.2, 0.25) is 0 Å². The highest BCUT2D eigenvalue weighted by Gasteiger charge is 2.33. The van der Waals surface area contributed by atoms with Crippen molar-refractivity contribution >= 4 is 28.6 Å². The second-order valence-corrected chi connectivity index (χ2v) is 9.21. The standard InChI is InChI=1S/C26H28F3N3O2/c1-15(33)17-6-13-22-21(14-17)23(25(34)31-22)24(16-4-7-18(8-5-16)26(27,28)29)30-19-9-11-20(12-10-19)32(2)3/h4-8,13-14,19-20,30H,9-12H2,1-3H3,(H,31,34)/b24-23-. The molecular formula is C26H28F3N3O2. The highest BCUT2D eigenvalue weighted by molar-refractivity contribution is 6.36. The molecule has 0 atom stereocenters. The molecule has 1 aliphatic heterocycles. The zero-order chi connectivity index (χ0) is 24.6. The smallest absolute Gasteiger partial charge is 0.381 e. The fourth-order valence-corrected chi connectivity index (χ4v) is 4.70. The van der Waals surface area contributed by atoms with Crippen LogP contribution in [0, 0.1) is 0 Å². The molecule has 0 saturated heterocycles. The van der Waals surface area contributed by atoms with E-state index in [2.05, 4.69) is 29.6 Å². The lowest BCUT2D eigenvalue weighted by atomic mass is 9.89. The minimum Gasteiger partial charge on any atom is -0.381 e. The maximum atomic E-state index is 13.1. The third kappa shape index (κ3) is 4.87. The van der Waals surface area contributed by atoms with Crippen LogP contribution in [0.15, 0.2) is 42.5 Å². The number of halogens is 3. The number of nitrogens with one attached hydrogen (secondary N) is 2. The number of hydrogen-bond donors (Lipinski definition) is 2. The third-order valence-electron chi connectivity index (χ3n) is 6.70. The number of carbonyl (C=O) groups is 2. The molecule has 1 heterocycles. The summed E-state index contributed by atoms with van der Waals surface area (Å²) in [5, 5.41) is 6.31. The Balaban J connectivity index is 1.77. The summed E-state index contributed by atoms with van der Waals surface area (Å²) in [6.07, 6.45) is -0.725. The van der Waals surface area contributed by atoms with Gasteiger partial charge in [-0.25, -0.2) is 0 Å². The van der Waals surface area contributed by atoms with Crippen molar-refractivity contribution in [2.24, 2.45) is 0 Å². The Hall–Kier alpha value is -3.13. The first-order valence-electron chi connectivity index (χ1n) is 11.4. The monoisotopic (exact) mass is 471 g/mol. The number of alkyl halides is 3. The van der Waals surface area contributed by atoms with E-state index in [9.17, 15) is 22.8 Å². The van der Waals surface area contributed by atoms with Gasteiger partial charge in [-0.05, 0) is 82.6 Å². The van der Waals surface area contributed by atoms with Crippen molar-refractivity contribution in [3.05, 3.63) is 64.7 Å². The zero-order valence-corrected chi connectivity index (χ0v) is 19.4. The van der Waals surface area contributed by atoms with Gasteiger partial charge in [-0.2, -0.15) is 13.2 Å². The largest absolute Gasteiger partial charge is 0.416 e. The minimum atomic E-state index is -4.45. The predicted octanol–water partition coefficient (Wildman–Crippen LogP) is 5.19. The molecule has 0 unspecified atom stereocenters. The number of ketones is 1. The van der Waals surface area contributed by atoms with Gasteiger partial charge in [0.25, 0.3) is 5.91 Å². The summed E-state index contributed by atoms with van der Waals surface area (Å²) in [6, 6.07) is 10.4. The van der Waals surface area contributed by atoms with Crippen LogP contribution < -0.4 is 10.6 Å². The van der Waals surface area contributed by atoms with Crippen LogP contribution in [0.25, 0.3) is 11.3 Å². The fourth-order valence-electron chi connectivity index (χ4n) is 4.70. The molecule has 34 heavy (non-hydrogen) atoms. The van der Waals surface area contributed by atoms with Gasteiger partial charge in [0.05, 0.1) is 16.8 Å². The molecule has 1 aliphatic carbocycles. The van der Waals surface area contributed by atoms with Crippen molar-refractivity contribution in [2.45, 2.75) is 50.9 Å². The van der Waals surface area contributed by atoms with Gasteiger partial charge in [-0.3, -0.25) is 9.59 Å². The Morgan fingerprint density at radius 3 is 2.18 bits per heavy atom. The minimum absolute atomic E-state index is 0.0776. The normalized spacial score (nSPS) is 21.8. The van der Waals surface area contributed by atoms with Crippen molar-refractivity contribution in [3.8, 4) is 0 Å². The molecule has 0 radical (unpaired) electrons. The van der Waals surface area contributed by atoms with E-state index in [1.54, 1.807) is 18.2 Å². The second kappa shape index (κ2) is 9.25. The van der Waals surface area contributed by atoms with E-state index in [-0.39, 0.29) is 17.7 Å². The molecular weight excluding hydrogens is 443 g/mol. The van der Waals surface area contributed by atoms with Crippen molar-refractivity contribution in [1.82, 2.24) is 10.2 Å². The molecule has 180 valence electrons. The van der Waals surface area contributed by atoms with Gasteiger partial charge in [-0.15, -0.1) is 0 Å². The van der Waals surface area contributed by atoms with E-state index in [0.29, 0.717) is 39.7 Å². The van der Waals surface area contributed by atoms with Crippen LogP contribution in [0.2, 0.25) is 0 Å². The SMILES string of the molecule is CC(=O)c1ccc2c(c1)/C(=C(/NC1CCC(N(C)C)CC1)c1ccc(C(F)(F)F)cc1)C(=O)N2. The second-order valence-electron chi connectivity index (χ2n) is 9.21. The summed E-state index contributed by atoms with van der Waals surface area (Å²) in [7, 11) is 4.11. The molecule has 0 spiro atoms. The molecule has 0 bridgehead atoms. The first-order valence-corrected chi connectivity index (χ1v) is 11.4. The summed E-state index contributed by atoms with van der Waals surface area (Å²) < 4.78 is 39.4. The molecule has 1 amide bonds. The summed E-state index contributed by atoms with van der Waals surface area (Å²) in [5.41, 5.74) is 2.18. The van der Waals surface area contributed by atoms with Crippen LogP contribution in [-0.2, 0) is 11.0 Å². The van der Waals surface area contributed by atoms with Crippen LogP contribution >= 0.6 is 0 Å². The average Bonchev–Trinajstić information content (AvgIpc) is 3.12. The number of anilines is 1. The number of rotatable bonds is 5. The molecule has 2 aromatic rings. The Morgan fingerprint density at radius 1 is 1.00 bits per heavy atom. The Bertz CT molecular complexity index is 1130. The van der Waals surface area contributed by atoms with E-state index in [4.69, 9.17) is 0 Å². The summed E-state index contributed by atoms with van der Waals surface area (Å²) >= 11 is 0. The molecule has 1 saturated carbocycles. The first kappa shape index (κ1) is 24.0. The lowest BCUT2D eigenvalue weighted by molar-refractivity contribution is -0.137. The molecule has 4 rings (SSSR count). The lowest BCUT2D eigenvalue weighted by Gasteiger charge is -2.34. The van der Waals surface area contributed by atoms with Crippen molar-refractivity contribution in [3.63, 3.8) is 0 Å². The van der Waals surface area contributed by atoms with E-state index in [1.807, 2.05) is 0 Å². The molecule has 2 aliphatic rings. The molecule has 0 aromatic heterocycles. The van der Waals surface area contributed by atoms with Gasteiger partial charge in [-0.1, -0.05) is 12.1 Å². The number of Topliss-reactive ketones (excluding diaryl/α,β-unsaturated/α-hetero) is 1. The Kier molecular flexibility index (Phi) is 6.53. The lowest BCUT2D eigenvalue weighted by Crippen LogP contribution is -2.39. The van der Waals surface area contributed by atoms with Gasteiger partial charge < -0.3 is 15.5 Å². The van der Waals surface area contributed by atoms with Gasteiger partial charge in [0.15, 0.2) is 5.78 Å². The summed E-state index contributed by atoms with van der Waals surface area (Å²) in [6.45, 7) is 1.45. The molecule has 2 N–H and O–H groups in total. The van der Waals surface area contributed by atoms with Crippen LogP contribution in [0.1, 0.15) is 59.7 Å². The number of hydrogen-bond acceptors (Lipinski definition) is 4. The average molecular weight is 472 g/mol. The van der Waals surface area contributed by atoms with Gasteiger partial charge in [0.1, 0.15) is 0 Å². The maximum absolute atomic E-state index is 13.1. The van der Waals surface area contributed by atoms with Crippen LogP contribution in [0.5, 0.6) is 0 Å². The maximum Gasteiger partial charge on any atom is 0.416 e. The van der Waals surface area contributed by atoms with E-state index < -0.39 is 11.7 Å². The molecule has 8 heteroatoms. The molecule has 5 nitrogen and oxygen atoms in total. The summed E-state index contributed by atoms with van der Waals surface area (Å²) in [4.78, 5) is 27.2. The van der Waals surface area contributed by atoms with Crippen LogP contribution in [-0.4, -0.2) is 42.8 Å². The fraction of sp³-hybridized carbons (Fsp3) is 0.385. The van der Waals surface area contributed by atoms with Crippen molar-refractivity contribution < 1.29 is 22.8 Å². The van der Waals surface area contributed by atoms with E-state index in [0.717, 1.165) is 37.8 Å². The first-order chi connectivity index (χ1) is 16.0. The quantitative estimate of drug-likeness (QED) is 0.465. The number of benzene rings is 2. The number of carbonyl (C=O) groups excluding carboxylic acids is 2. The Morgan fingerprint density at radius 2 is 1.62 bits per heavy atom. The van der Waals surface area contributed by atoms with Gasteiger partial charge >= 0.3 is 6.18 Å².